The van der Waals surface area contributed by atoms with Gasteiger partial charge in [-0.25, -0.2) is 9.59 Å². The molecule has 0 saturated carbocycles. The third-order valence-electron chi connectivity index (χ3n) is 3.94. The maximum absolute atomic E-state index is 12.4. The molecule has 0 aromatic carbocycles. The molecule has 11 heteroatoms. The summed E-state index contributed by atoms with van der Waals surface area (Å²) in [6, 6.07) is 1.41. The number of thiophene rings is 1. The fraction of sp³-hybridized carbons (Fsp3) is 0.375. The second kappa shape index (κ2) is 8.01. The number of amides is 2. The third kappa shape index (κ3) is 3.93. The SMILES string of the molecule is CCC(=O)OOC1=CS[C@H]2C(NC(=O)Cc3cccs3)C(=O)N2C1C(=O)O. The van der Waals surface area contributed by atoms with Gasteiger partial charge in [-0.15, -0.1) is 23.1 Å². The molecule has 1 aromatic heterocycles. The molecule has 27 heavy (non-hydrogen) atoms. The highest BCUT2D eigenvalue weighted by Gasteiger charge is 2.57. The number of nitrogens with one attached hydrogen (secondary N) is 1. The van der Waals surface area contributed by atoms with Gasteiger partial charge in [0.2, 0.25) is 11.8 Å². The Bertz CT molecular complexity index is 793. The van der Waals surface area contributed by atoms with Gasteiger partial charge in [-0.2, -0.15) is 0 Å². The maximum atomic E-state index is 12.4. The Hall–Kier alpha value is -2.53. The first-order chi connectivity index (χ1) is 12.9. The molecular weight excluding hydrogens is 396 g/mol. The summed E-state index contributed by atoms with van der Waals surface area (Å²) in [5.41, 5.74) is 0. The zero-order chi connectivity index (χ0) is 19.6. The summed E-state index contributed by atoms with van der Waals surface area (Å²) >= 11 is 2.55. The van der Waals surface area contributed by atoms with Crippen LogP contribution in [0.4, 0.5) is 0 Å². The second-order valence-corrected chi connectivity index (χ2v) is 7.75. The number of carboxylic acids is 1. The van der Waals surface area contributed by atoms with Crippen LogP contribution in [0.15, 0.2) is 28.7 Å². The van der Waals surface area contributed by atoms with Gasteiger partial charge >= 0.3 is 11.9 Å². The summed E-state index contributed by atoms with van der Waals surface area (Å²) in [5, 5.41) is 14.8. The second-order valence-electron chi connectivity index (χ2n) is 5.73. The van der Waals surface area contributed by atoms with Gasteiger partial charge in [0, 0.05) is 16.7 Å². The first-order valence-corrected chi connectivity index (χ1v) is 9.84. The van der Waals surface area contributed by atoms with Crippen LogP contribution in [0, 0.1) is 0 Å². The lowest BCUT2D eigenvalue weighted by atomic mass is 10.0. The van der Waals surface area contributed by atoms with Crippen LogP contribution in [0.3, 0.4) is 0 Å². The molecule has 9 nitrogen and oxygen atoms in total. The van der Waals surface area contributed by atoms with Crippen molar-refractivity contribution in [2.24, 2.45) is 0 Å². The van der Waals surface area contributed by atoms with Crippen LogP contribution >= 0.6 is 23.1 Å². The highest BCUT2D eigenvalue weighted by atomic mass is 32.2. The van der Waals surface area contributed by atoms with Crippen molar-refractivity contribution in [3.05, 3.63) is 33.6 Å². The lowest BCUT2D eigenvalue weighted by Crippen LogP contribution is -2.74. The number of β-lactam (4-membered cyclic amide) rings is 1. The lowest BCUT2D eigenvalue weighted by molar-refractivity contribution is -0.253. The van der Waals surface area contributed by atoms with E-state index in [1.165, 1.54) is 16.7 Å². The summed E-state index contributed by atoms with van der Waals surface area (Å²) in [7, 11) is 0. The van der Waals surface area contributed by atoms with E-state index in [4.69, 9.17) is 4.89 Å². The Labute approximate surface area is 162 Å². The number of carboxylic acid groups (broad SMARTS) is 1. The number of hydrogen-bond donors (Lipinski definition) is 2. The topological polar surface area (TPSA) is 122 Å². The predicted octanol–water partition coefficient (Wildman–Crippen LogP) is 0.870. The Morgan fingerprint density at radius 1 is 1.37 bits per heavy atom. The minimum atomic E-state index is -1.42. The molecular formula is C16H16N2O7S2. The quantitative estimate of drug-likeness (QED) is 0.384. The number of thioether (sulfide) groups is 1. The number of fused-ring (bicyclic) bond motifs is 1. The van der Waals surface area contributed by atoms with Gasteiger partial charge < -0.3 is 15.3 Å². The molecule has 1 fully saturated rings. The van der Waals surface area contributed by atoms with E-state index < -0.39 is 35.3 Å². The molecule has 3 atom stereocenters. The third-order valence-corrected chi connectivity index (χ3v) is 5.96. The minimum Gasteiger partial charge on any atom is -0.479 e. The van der Waals surface area contributed by atoms with E-state index in [1.807, 2.05) is 17.5 Å². The lowest BCUT2D eigenvalue weighted by Gasteiger charge is -2.50. The van der Waals surface area contributed by atoms with Crippen molar-refractivity contribution in [1.29, 1.82) is 0 Å². The molecule has 1 saturated heterocycles. The fourth-order valence-corrected chi connectivity index (χ4v) is 4.47. The Balaban J connectivity index is 1.66. The number of carbonyl (C=O) groups is 4. The van der Waals surface area contributed by atoms with Crippen LogP contribution < -0.4 is 5.32 Å². The fourth-order valence-electron chi connectivity index (χ4n) is 2.63. The van der Waals surface area contributed by atoms with E-state index >= 15 is 0 Å². The molecule has 0 radical (unpaired) electrons. The van der Waals surface area contributed by atoms with Crippen LogP contribution in [-0.2, 0) is 35.4 Å². The summed E-state index contributed by atoms with van der Waals surface area (Å²) in [6.45, 7) is 1.56. The van der Waals surface area contributed by atoms with Crippen LogP contribution in [0.5, 0.6) is 0 Å². The Kier molecular flexibility index (Phi) is 5.71. The number of carbonyl (C=O) groups excluding carboxylic acids is 3. The number of hydrogen-bond acceptors (Lipinski definition) is 8. The summed E-state index contributed by atoms with van der Waals surface area (Å²) in [6.07, 6.45) is 0.208. The van der Waals surface area contributed by atoms with Gasteiger partial charge in [-0.1, -0.05) is 13.0 Å². The molecule has 2 amide bonds. The first kappa shape index (κ1) is 19.2. The zero-order valence-corrected chi connectivity index (χ0v) is 15.7. The van der Waals surface area contributed by atoms with E-state index in [1.54, 1.807) is 6.92 Å². The van der Waals surface area contributed by atoms with Crippen LogP contribution in [0.2, 0.25) is 0 Å². The average molecular weight is 412 g/mol. The standard InChI is InChI=1S/C16H16N2O7S2/c1-2-11(20)25-24-9-7-27-15-12(14(21)18(15)13(9)16(22)23)17-10(19)6-8-4-3-5-26-8/h3-5,7,12-13,15H,2,6H2,1H3,(H,17,19)(H,22,23)/t12?,13?,15-/m0/s1. The number of nitrogens with zero attached hydrogens (tertiary/aromatic N) is 1. The maximum Gasteiger partial charge on any atom is 0.355 e. The molecule has 3 heterocycles. The summed E-state index contributed by atoms with van der Waals surface area (Å²) < 4.78 is 0. The smallest absolute Gasteiger partial charge is 0.355 e. The molecule has 3 rings (SSSR count). The highest BCUT2D eigenvalue weighted by Crippen LogP contribution is 2.40. The normalized spacial score (nSPS) is 23.6. The van der Waals surface area contributed by atoms with Gasteiger partial charge in [0.1, 0.15) is 11.4 Å². The van der Waals surface area contributed by atoms with E-state index in [-0.39, 0.29) is 24.5 Å². The zero-order valence-electron chi connectivity index (χ0n) is 14.1. The van der Waals surface area contributed by atoms with Crippen molar-refractivity contribution in [2.75, 3.05) is 0 Å². The van der Waals surface area contributed by atoms with Crippen molar-refractivity contribution in [3.63, 3.8) is 0 Å². The average Bonchev–Trinajstić information content (AvgIpc) is 3.15. The molecule has 2 N–H and O–H groups in total. The van der Waals surface area contributed by atoms with E-state index in [9.17, 15) is 24.3 Å². The van der Waals surface area contributed by atoms with E-state index in [2.05, 4.69) is 10.2 Å². The largest absolute Gasteiger partial charge is 0.479 e. The monoisotopic (exact) mass is 412 g/mol. The predicted molar refractivity (Wildman–Crippen MR) is 95.2 cm³/mol. The van der Waals surface area contributed by atoms with Crippen molar-refractivity contribution in [3.8, 4) is 0 Å². The molecule has 2 aliphatic rings. The number of rotatable bonds is 7. The molecule has 144 valence electrons. The van der Waals surface area contributed by atoms with Gasteiger partial charge in [-0.3, -0.25) is 19.4 Å². The molecule has 0 spiro atoms. The van der Waals surface area contributed by atoms with Crippen molar-refractivity contribution >= 4 is 46.9 Å². The summed E-state index contributed by atoms with van der Waals surface area (Å²) in [5.74, 6) is -3.00. The van der Waals surface area contributed by atoms with Crippen LogP contribution in [-0.4, -0.2) is 51.2 Å². The summed E-state index contributed by atoms with van der Waals surface area (Å²) in [4.78, 5) is 58.7. The van der Waals surface area contributed by atoms with Crippen LogP contribution in [0.25, 0.3) is 0 Å². The van der Waals surface area contributed by atoms with Gasteiger partial charge in [0.25, 0.3) is 0 Å². The van der Waals surface area contributed by atoms with Crippen molar-refractivity contribution < 1.29 is 34.1 Å². The van der Waals surface area contributed by atoms with Gasteiger partial charge in [0.15, 0.2) is 11.8 Å². The molecule has 0 aliphatic carbocycles. The van der Waals surface area contributed by atoms with E-state index in [0.717, 1.165) is 21.5 Å². The Morgan fingerprint density at radius 3 is 2.78 bits per heavy atom. The molecule has 0 bridgehead atoms. The van der Waals surface area contributed by atoms with Gasteiger partial charge in [-0.05, 0) is 11.4 Å². The minimum absolute atomic E-state index is 0.0573. The van der Waals surface area contributed by atoms with Gasteiger partial charge in [0.05, 0.1) is 6.42 Å². The highest BCUT2D eigenvalue weighted by molar-refractivity contribution is 8.02. The van der Waals surface area contributed by atoms with Crippen molar-refractivity contribution in [2.45, 2.75) is 37.2 Å². The van der Waals surface area contributed by atoms with Crippen LogP contribution in [0.1, 0.15) is 18.2 Å². The Morgan fingerprint density at radius 2 is 2.15 bits per heavy atom. The molecule has 2 aliphatic heterocycles. The first-order valence-electron chi connectivity index (χ1n) is 8.02. The number of aliphatic carboxylic acids is 1. The molecule has 1 aromatic rings. The van der Waals surface area contributed by atoms with E-state index in [0.29, 0.717) is 0 Å². The van der Waals surface area contributed by atoms with Crippen molar-refractivity contribution in [1.82, 2.24) is 10.2 Å². The molecule has 2 unspecified atom stereocenters.